The highest BCUT2D eigenvalue weighted by Gasteiger charge is 2.30. The van der Waals surface area contributed by atoms with E-state index in [-0.39, 0.29) is 0 Å². The minimum Gasteiger partial charge on any atom is -0.493 e. The lowest BCUT2D eigenvalue weighted by Crippen LogP contribution is -2.25. The molecule has 1 fully saturated rings. The Balaban J connectivity index is 1.79. The van der Waals surface area contributed by atoms with E-state index in [1.54, 1.807) is 20.4 Å². The third kappa shape index (κ3) is 3.42. The fraction of sp³-hybridized carbons (Fsp3) is 0.471. The lowest BCUT2D eigenvalue weighted by atomic mass is 10.2. The maximum Gasteiger partial charge on any atom is 0.183 e. The Labute approximate surface area is 135 Å². The van der Waals surface area contributed by atoms with Crippen molar-refractivity contribution in [3.63, 3.8) is 0 Å². The van der Waals surface area contributed by atoms with Crippen LogP contribution in [-0.4, -0.2) is 30.1 Å². The standard InChI is InChI=1S/C17H22N2O2S/c1-12-4-7-14(22-12)10-19(13-5-6-13)11-15-17(21-3)16(20-2)8-9-18-15/h4,7-9,13H,5-6,10-11H2,1-3H3. The van der Waals surface area contributed by atoms with Gasteiger partial charge >= 0.3 is 0 Å². The van der Waals surface area contributed by atoms with E-state index in [4.69, 9.17) is 9.47 Å². The molecule has 2 aromatic heterocycles. The molecule has 5 heteroatoms. The molecule has 3 rings (SSSR count). The highest BCUT2D eigenvalue weighted by atomic mass is 32.1. The molecule has 118 valence electrons. The number of rotatable bonds is 7. The second-order valence-electron chi connectivity index (χ2n) is 5.64. The Kier molecular flexibility index (Phi) is 4.64. The third-order valence-corrected chi connectivity index (χ3v) is 4.92. The first-order valence-electron chi connectivity index (χ1n) is 7.56. The predicted molar refractivity (Wildman–Crippen MR) is 88.7 cm³/mol. The molecule has 0 radical (unpaired) electrons. The van der Waals surface area contributed by atoms with Crippen LogP contribution in [-0.2, 0) is 13.1 Å². The van der Waals surface area contributed by atoms with E-state index in [1.165, 1.54) is 22.6 Å². The smallest absolute Gasteiger partial charge is 0.183 e. The lowest BCUT2D eigenvalue weighted by Gasteiger charge is -2.22. The molecule has 0 aromatic carbocycles. The zero-order valence-corrected chi connectivity index (χ0v) is 14.2. The van der Waals surface area contributed by atoms with Crippen LogP contribution in [0.1, 0.15) is 28.3 Å². The molecule has 1 aliphatic rings. The molecule has 1 saturated carbocycles. The van der Waals surface area contributed by atoms with E-state index in [9.17, 15) is 0 Å². The van der Waals surface area contributed by atoms with Gasteiger partial charge in [-0.3, -0.25) is 9.88 Å². The number of aryl methyl sites for hydroxylation is 1. The molecule has 4 nitrogen and oxygen atoms in total. The number of nitrogens with zero attached hydrogens (tertiary/aromatic N) is 2. The number of hydrogen-bond acceptors (Lipinski definition) is 5. The summed E-state index contributed by atoms with van der Waals surface area (Å²) in [6.45, 7) is 3.93. The van der Waals surface area contributed by atoms with Crippen molar-refractivity contribution in [2.45, 2.75) is 38.9 Å². The van der Waals surface area contributed by atoms with Crippen LogP contribution < -0.4 is 9.47 Å². The van der Waals surface area contributed by atoms with Crippen LogP contribution in [0, 0.1) is 6.92 Å². The Morgan fingerprint density at radius 2 is 2.00 bits per heavy atom. The highest BCUT2D eigenvalue weighted by molar-refractivity contribution is 7.11. The molecule has 0 aliphatic heterocycles. The summed E-state index contributed by atoms with van der Waals surface area (Å²) in [6, 6.07) is 6.92. The van der Waals surface area contributed by atoms with Gasteiger partial charge in [-0.1, -0.05) is 0 Å². The number of pyridine rings is 1. The highest BCUT2D eigenvalue weighted by Crippen LogP contribution is 2.35. The summed E-state index contributed by atoms with van der Waals surface area (Å²) in [7, 11) is 3.34. The van der Waals surface area contributed by atoms with E-state index >= 15 is 0 Å². The molecule has 0 N–H and O–H groups in total. The summed E-state index contributed by atoms with van der Waals surface area (Å²) < 4.78 is 10.9. The van der Waals surface area contributed by atoms with E-state index in [0.717, 1.165) is 30.3 Å². The monoisotopic (exact) mass is 318 g/mol. The second-order valence-corrected chi connectivity index (χ2v) is 7.01. The summed E-state index contributed by atoms with van der Waals surface area (Å²) in [4.78, 5) is 9.78. The molecule has 0 atom stereocenters. The first-order valence-corrected chi connectivity index (χ1v) is 8.38. The van der Waals surface area contributed by atoms with Crippen LogP contribution in [0.15, 0.2) is 24.4 Å². The summed E-state index contributed by atoms with van der Waals surface area (Å²) in [5, 5.41) is 0. The van der Waals surface area contributed by atoms with E-state index in [2.05, 4.69) is 28.9 Å². The van der Waals surface area contributed by atoms with E-state index in [1.807, 2.05) is 17.4 Å². The fourth-order valence-corrected chi connectivity index (χ4v) is 3.60. The number of methoxy groups -OCH3 is 2. The molecule has 0 spiro atoms. The van der Waals surface area contributed by atoms with Gasteiger partial charge in [-0.05, 0) is 31.9 Å². The van der Waals surface area contributed by atoms with Crippen LogP contribution in [0.5, 0.6) is 11.5 Å². The number of thiophene rings is 1. The van der Waals surface area contributed by atoms with Crippen LogP contribution in [0.25, 0.3) is 0 Å². The van der Waals surface area contributed by atoms with Crippen molar-refractivity contribution in [1.29, 1.82) is 0 Å². The van der Waals surface area contributed by atoms with Crippen LogP contribution in [0.2, 0.25) is 0 Å². The molecule has 0 saturated heterocycles. The van der Waals surface area contributed by atoms with Crippen molar-refractivity contribution in [2.75, 3.05) is 14.2 Å². The first kappa shape index (κ1) is 15.3. The second kappa shape index (κ2) is 6.67. The molecule has 1 aliphatic carbocycles. The van der Waals surface area contributed by atoms with Gasteiger partial charge in [0.1, 0.15) is 5.69 Å². The average molecular weight is 318 g/mol. The topological polar surface area (TPSA) is 34.6 Å². The molecular formula is C17H22N2O2S. The Bertz CT molecular complexity index is 637. The number of hydrogen-bond donors (Lipinski definition) is 0. The molecular weight excluding hydrogens is 296 g/mol. The largest absolute Gasteiger partial charge is 0.493 e. The summed E-state index contributed by atoms with van der Waals surface area (Å²) in [5.41, 5.74) is 0.946. The Morgan fingerprint density at radius 3 is 2.59 bits per heavy atom. The van der Waals surface area contributed by atoms with E-state index < -0.39 is 0 Å². The van der Waals surface area contributed by atoms with Gasteiger partial charge in [-0.15, -0.1) is 11.3 Å². The number of aromatic nitrogens is 1. The average Bonchev–Trinajstić information content (AvgIpc) is 3.29. The van der Waals surface area contributed by atoms with Crippen molar-refractivity contribution in [2.24, 2.45) is 0 Å². The SMILES string of the molecule is COc1ccnc(CN(Cc2ccc(C)s2)C2CC2)c1OC. The minimum absolute atomic E-state index is 0.667. The van der Waals surface area contributed by atoms with Gasteiger partial charge in [-0.25, -0.2) is 0 Å². The van der Waals surface area contributed by atoms with Gasteiger partial charge < -0.3 is 9.47 Å². The van der Waals surface area contributed by atoms with E-state index in [0.29, 0.717) is 6.04 Å². The molecule has 0 bridgehead atoms. The molecule has 0 unspecified atom stereocenters. The van der Waals surface area contributed by atoms with Crippen LogP contribution >= 0.6 is 11.3 Å². The third-order valence-electron chi connectivity index (χ3n) is 3.94. The summed E-state index contributed by atoms with van der Waals surface area (Å²) >= 11 is 1.87. The molecule has 22 heavy (non-hydrogen) atoms. The summed E-state index contributed by atoms with van der Waals surface area (Å²) in [6.07, 6.45) is 4.34. The molecule has 2 aromatic rings. The van der Waals surface area contributed by atoms with Gasteiger partial charge in [0, 0.05) is 41.1 Å². The maximum atomic E-state index is 5.51. The first-order chi connectivity index (χ1) is 10.7. The lowest BCUT2D eigenvalue weighted by molar-refractivity contribution is 0.238. The fourth-order valence-electron chi connectivity index (χ4n) is 2.68. The van der Waals surface area contributed by atoms with Gasteiger partial charge in [0.2, 0.25) is 0 Å². The zero-order valence-electron chi connectivity index (χ0n) is 13.3. The van der Waals surface area contributed by atoms with Crippen molar-refractivity contribution in [3.05, 3.63) is 39.8 Å². The van der Waals surface area contributed by atoms with Crippen molar-refractivity contribution >= 4 is 11.3 Å². The predicted octanol–water partition coefficient (Wildman–Crippen LogP) is 3.63. The van der Waals surface area contributed by atoms with Gasteiger partial charge in [-0.2, -0.15) is 0 Å². The number of ether oxygens (including phenoxy) is 2. The van der Waals surface area contributed by atoms with Gasteiger partial charge in [0.15, 0.2) is 11.5 Å². The van der Waals surface area contributed by atoms with Crippen molar-refractivity contribution < 1.29 is 9.47 Å². The maximum absolute atomic E-state index is 5.51. The Hall–Kier alpha value is -1.59. The van der Waals surface area contributed by atoms with Crippen molar-refractivity contribution in [3.8, 4) is 11.5 Å². The molecule has 0 amide bonds. The van der Waals surface area contributed by atoms with Gasteiger partial charge in [0.25, 0.3) is 0 Å². The Morgan fingerprint density at radius 1 is 1.18 bits per heavy atom. The van der Waals surface area contributed by atoms with Crippen LogP contribution in [0.3, 0.4) is 0 Å². The molecule has 2 heterocycles. The summed E-state index contributed by atoms with van der Waals surface area (Å²) in [5.74, 6) is 1.49. The minimum atomic E-state index is 0.667. The zero-order chi connectivity index (χ0) is 15.5. The normalized spacial score (nSPS) is 14.4. The van der Waals surface area contributed by atoms with Crippen LogP contribution in [0.4, 0.5) is 0 Å². The van der Waals surface area contributed by atoms with Gasteiger partial charge in [0.05, 0.1) is 14.2 Å². The van der Waals surface area contributed by atoms with Crippen molar-refractivity contribution in [1.82, 2.24) is 9.88 Å². The quantitative estimate of drug-likeness (QED) is 0.781.